The van der Waals surface area contributed by atoms with Crippen LogP contribution in [0.4, 0.5) is 4.39 Å². The SMILES string of the molecule is CS(=O)(=O)O[C@@H](CN=[N+]=[N-])C[C@@H]1c2ccccc2Cc2ccc(F)cc2[C@H]1N=[N+]=[N-]. The Balaban J connectivity index is 2.14. The summed E-state index contributed by atoms with van der Waals surface area (Å²) in [4.78, 5) is 5.64. The monoisotopic (exact) mass is 430 g/mol. The Bertz CT molecular complexity index is 1140. The zero-order valence-corrected chi connectivity index (χ0v) is 16.9. The van der Waals surface area contributed by atoms with Gasteiger partial charge in [0.15, 0.2) is 0 Å². The van der Waals surface area contributed by atoms with E-state index in [1.807, 2.05) is 24.3 Å². The molecule has 0 saturated heterocycles. The Hall–Kier alpha value is -3.10. The zero-order chi connectivity index (χ0) is 21.7. The van der Waals surface area contributed by atoms with Crippen molar-refractivity contribution < 1.29 is 17.0 Å². The van der Waals surface area contributed by atoms with Crippen LogP contribution in [-0.2, 0) is 20.7 Å². The molecule has 156 valence electrons. The van der Waals surface area contributed by atoms with Gasteiger partial charge in [-0.2, -0.15) is 8.42 Å². The van der Waals surface area contributed by atoms with Gasteiger partial charge in [0.2, 0.25) is 0 Å². The molecule has 0 aromatic heterocycles. The number of fused-ring (bicyclic) bond motifs is 2. The van der Waals surface area contributed by atoms with E-state index in [2.05, 4.69) is 20.1 Å². The lowest BCUT2D eigenvalue weighted by Crippen LogP contribution is -2.25. The van der Waals surface area contributed by atoms with Gasteiger partial charge in [-0.1, -0.05) is 40.6 Å². The first-order valence-electron chi connectivity index (χ1n) is 9.12. The third kappa shape index (κ3) is 5.08. The highest BCUT2D eigenvalue weighted by atomic mass is 32.2. The van der Waals surface area contributed by atoms with E-state index < -0.39 is 34.0 Å². The number of hydrogen-bond donors (Lipinski definition) is 0. The number of azide groups is 2. The Labute approximate surface area is 172 Å². The summed E-state index contributed by atoms with van der Waals surface area (Å²) in [5.74, 6) is -0.976. The van der Waals surface area contributed by atoms with Gasteiger partial charge in [-0.25, -0.2) is 4.39 Å². The van der Waals surface area contributed by atoms with E-state index in [4.69, 9.17) is 9.71 Å². The predicted molar refractivity (Wildman–Crippen MR) is 109 cm³/mol. The Morgan fingerprint density at radius 3 is 2.60 bits per heavy atom. The molecule has 9 nitrogen and oxygen atoms in total. The first-order valence-corrected chi connectivity index (χ1v) is 10.9. The van der Waals surface area contributed by atoms with Gasteiger partial charge < -0.3 is 0 Å². The molecule has 2 aromatic carbocycles. The minimum Gasteiger partial charge on any atom is -0.267 e. The third-order valence-electron chi connectivity index (χ3n) is 5.00. The maximum atomic E-state index is 14.1. The van der Waals surface area contributed by atoms with Crippen LogP contribution < -0.4 is 0 Å². The molecule has 0 spiro atoms. The molecule has 0 saturated carbocycles. The van der Waals surface area contributed by atoms with Gasteiger partial charge >= 0.3 is 0 Å². The van der Waals surface area contributed by atoms with Gasteiger partial charge in [0.1, 0.15) is 5.82 Å². The maximum Gasteiger partial charge on any atom is 0.264 e. The Morgan fingerprint density at radius 2 is 1.90 bits per heavy atom. The van der Waals surface area contributed by atoms with Crippen LogP contribution in [0.2, 0.25) is 0 Å². The molecule has 0 heterocycles. The van der Waals surface area contributed by atoms with Gasteiger partial charge in [-0.3, -0.25) is 4.18 Å². The number of halogens is 1. The summed E-state index contributed by atoms with van der Waals surface area (Å²) in [6.45, 7) is -0.221. The molecule has 3 atom stereocenters. The normalized spacial score (nSPS) is 18.7. The summed E-state index contributed by atoms with van der Waals surface area (Å²) >= 11 is 0. The van der Waals surface area contributed by atoms with Crippen LogP contribution in [0.1, 0.15) is 40.6 Å². The fraction of sp³-hybridized carbons (Fsp3) is 0.368. The fourth-order valence-electron chi connectivity index (χ4n) is 3.91. The number of rotatable bonds is 7. The molecule has 2 aromatic rings. The van der Waals surface area contributed by atoms with Gasteiger partial charge in [0.25, 0.3) is 10.1 Å². The van der Waals surface area contributed by atoms with Crippen molar-refractivity contribution in [1.82, 2.24) is 0 Å². The first-order chi connectivity index (χ1) is 14.3. The summed E-state index contributed by atoms with van der Waals surface area (Å²) in [7, 11) is -3.83. The molecule has 30 heavy (non-hydrogen) atoms. The highest BCUT2D eigenvalue weighted by Gasteiger charge is 2.34. The number of hydrogen-bond acceptors (Lipinski definition) is 5. The highest BCUT2D eigenvalue weighted by molar-refractivity contribution is 7.86. The lowest BCUT2D eigenvalue weighted by atomic mass is 9.83. The van der Waals surface area contributed by atoms with Crippen molar-refractivity contribution in [3.05, 3.63) is 91.4 Å². The molecule has 0 fully saturated rings. The van der Waals surface area contributed by atoms with E-state index in [9.17, 15) is 18.3 Å². The van der Waals surface area contributed by atoms with Gasteiger partial charge in [-0.15, -0.1) is 0 Å². The summed E-state index contributed by atoms with van der Waals surface area (Å²) in [6.07, 6.45) is 0.531. The molecule has 0 amide bonds. The second kappa shape index (κ2) is 9.15. The van der Waals surface area contributed by atoms with E-state index in [-0.39, 0.29) is 13.0 Å². The van der Waals surface area contributed by atoms with Gasteiger partial charge in [0.05, 0.1) is 24.9 Å². The minimum absolute atomic E-state index is 0.0861. The molecular formula is C19H19FN6O3S. The highest BCUT2D eigenvalue weighted by Crippen LogP contribution is 2.44. The average Bonchev–Trinajstić information content (AvgIpc) is 2.81. The Kier molecular flexibility index (Phi) is 6.59. The lowest BCUT2D eigenvalue weighted by molar-refractivity contribution is 0.192. The standard InChI is InChI=1S/C19H19FN6O3S/c1-30(27,28)29-15(11-23-25-21)10-18-16-5-3-2-4-12(16)8-13-6-7-14(20)9-17(13)19(18)24-26-22/h2-7,9,15,18-19H,8,10-11H2,1H3/t15-,18-,19-/m1/s1. The molecule has 0 radical (unpaired) electrons. The Morgan fingerprint density at radius 1 is 1.17 bits per heavy atom. The van der Waals surface area contributed by atoms with Crippen molar-refractivity contribution in [2.24, 2.45) is 10.2 Å². The smallest absolute Gasteiger partial charge is 0.264 e. The lowest BCUT2D eigenvalue weighted by Gasteiger charge is -2.27. The second-order valence-corrected chi connectivity index (χ2v) is 8.65. The summed E-state index contributed by atoms with van der Waals surface area (Å²) in [5, 5.41) is 7.40. The minimum atomic E-state index is -3.83. The zero-order valence-electron chi connectivity index (χ0n) is 16.1. The van der Waals surface area contributed by atoms with Crippen molar-refractivity contribution in [3.63, 3.8) is 0 Å². The van der Waals surface area contributed by atoms with Crippen LogP contribution in [-0.4, -0.2) is 27.3 Å². The van der Waals surface area contributed by atoms with Crippen LogP contribution >= 0.6 is 0 Å². The summed E-state index contributed by atoms with van der Waals surface area (Å²) in [6, 6.07) is 11.1. The molecule has 0 unspecified atom stereocenters. The van der Waals surface area contributed by atoms with Crippen LogP contribution in [0.15, 0.2) is 52.7 Å². The predicted octanol–water partition coefficient (Wildman–Crippen LogP) is 4.91. The molecule has 11 heteroatoms. The van der Waals surface area contributed by atoms with Crippen LogP contribution in [0.3, 0.4) is 0 Å². The molecule has 0 aliphatic heterocycles. The molecule has 1 aliphatic carbocycles. The maximum absolute atomic E-state index is 14.1. The number of benzene rings is 2. The summed E-state index contributed by atoms with van der Waals surface area (Å²) < 4.78 is 42.6. The number of nitrogens with zero attached hydrogens (tertiary/aromatic N) is 6. The van der Waals surface area contributed by atoms with E-state index in [0.29, 0.717) is 12.0 Å². The van der Waals surface area contributed by atoms with E-state index in [1.165, 1.54) is 12.1 Å². The second-order valence-electron chi connectivity index (χ2n) is 7.05. The van der Waals surface area contributed by atoms with Crippen molar-refractivity contribution in [3.8, 4) is 0 Å². The van der Waals surface area contributed by atoms with Crippen molar-refractivity contribution in [2.45, 2.75) is 30.9 Å². The molecular weight excluding hydrogens is 411 g/mol. The topological polar surface area (TPSA) is 141 Å². The molecule has 0 N–H and O–H groups in total. The van der Waals surface area contributed by atoms with Gasteiger partial charge in [-0.05, 0) is 64.2 Å². The quantitative estimate of drug-likeness (QED) is 0.266. The summed E-state index contributed by atoms with van der Waals surface area (Å²) in [5.41, 5.74) is 21.0. The first kappa shape index (κ1) is 21.6. The van der Waals surface area contributed by atoms with E-state index in [0.717, 1.165) is 22.9 Å². The molecule has 0 bridgehead atoms. The fourth-order valence-corrected chi connectivity index (χ4v) is 4.54. The largest absolute Gasteiger partial charge is 0.267 e. The molecule has 1 aliphatic rings. The third-order valence-corrected chi connectivity index (χ3v) is 5.62. The van der Waals surface area contributed by atoms with Gasteiger partial charge in [0, 0.05) is 9.82 Å². The van der Waals surface area contributed by atoms with Crippen molar-refractivity contribution in [1.29, 1.82) is 0 Å². The molecule has 3 rings (SSSR count). The van der Waals surface area contributed by atoms with Crippen LogP contribution in [0, 0.1) is 5.82 Å². The van der Waals surface area contributed by atoms with Crippen LogP contribution in [0.25, 0.3) is 20.9 Å². The van der Waals surface area contributed by atoms with Crippen molar-refractivity contribution >= 4 is 10.1 Å². The van der Waals surface area contributed by atoms with E-state index in [1.54, 1.807) is 6.07 Å². The van der Waals surface area contributed by atoms with Crippen molar-refractivity contribution in [2.75, 3.05) is 12.8 Å². The van der Waals surface area contributed by atoms with Crippen LogP contribution in [0.5, 0.6) is 0 Å². The van der Waals surface area contributed by atoms with E-state index >= 15 is 0 Å². The average molecular weight is 430 g/mol.